The number of hydrogen-bond donors (Lipinski definition) is 0. The molecule has 0 saturated heterocycles. The lowest BCUT2D eigenvalue weighted by atomic mass is 10.3. The monoisotopic (exact) mass is 381 g/mol. The number of benzene rings is 2. The van der Waals surface area contributed by atoms with Gasteiger partial charge in [0.25, 0.3) is 0 Å². The van der Waals surface area contributed by atoms with Crippen LogP contribution in [0.4, 0.5) is 13.2 Å². The summed E-state index contributed by atoms with van der Waals surface area (Å²) in [4.78, 5) is 0. The van der Waals surface area contributed by atoms with Crippen LogP contribution in [0.1, 0.15) is 0 Å². The Hall–Kier alpha value is -1.24. The van der Waals surface area contributed by atoms with Gasteiger partial charge < -0.3 is 4.74 Å². The predicted octanol–water partition coefficient (Wildman–Crippen LogP) is 1.00. The average Bonchev–Trinajstić information content (AvgIpc) is 2.40. The minimum Gasteiger partial charge on any atom is -0.497 e. The quantitative estimate of drug-likeness (QED) is 0.722. The van der Waals surface area contributed by atoms with Crippen LogP contribution in [-0.4, -0.2) is 13.8 Å². The van der Waals surface area contributed by atoms with Gasteiger partial charge in [0.2, 0.25) is 0 Å². The molecule has 0 spiro atoms. The fraction of sp³-hybridized carbons (Fsp3) is 0.143. The number of ether oxygens (including phenoxy) is 1. The van der Waals surface area contributed by atoms with Gasteiger partial charge in [-0.2, -0.15) is 13.2 Å². The molecule has 0 amide bonds. The van der Waals surface area contributed by atoms with Crippen molar-refractivity contribution in [3.63, 3.8) is 0 Å². The van der Waals surface area contributed by atoms with Crippen LogP contribution in [0.15, 0.2) is 54.6 Å². The van der Waals surface area contributed by atoms with Gasteiger partial charge in [-0.1, -0.05) is 18.2 Å². The third kappa shape index (κ3) is 7.05. The highest BCUT2D eigenvalue weighted by atomic mass is 127. The van der Waals surface area contributed by atoms with Gasteiger partial charge in [0.15, 0.2) is 7.14 Å². The van der Waals surface area contributed by atoms with Crippen LogP contribution in [0, 0.1) is 7.14 Å². The van der Waals surface area contributed by atoms with Crippen molar-refractivity contribution in [1.82, 2.24) is 0 Å². The second kappa shape index (κ2) is 8.79. The Balaban J connectivity index is 0.000000399. The molecule has 0 unspecified atom stereocenters. The van der Waals surface area contributed by atoms with E-state index in [0.717, 1.165) is 5.75 Å². The molecule has 0 aliphatic heterocycles. The summed E-state index contributed by atoms with van der Waals surface area (Å²) in [5.74, 6) is 0.927. The molecular weight excluding hydrogens is 368 g/mol. The van der Waals surface area contributed by atoms with Gasteiger partial charge in [-0.25, -0.2) is 0 Å². The van der Waals surface area contributed by atoms with Crippen molar-refractivity contribution in [3.05, 3.63) is 61.7 Å². The van der Waals surface area contributed by atoms with Crippen molar-refractivity contribution in [3.8, 4) is 5.75 Å². The van der Waals surface area contributed by atoms with Crippen molar-refractivity contribution < 1.29 is 39.1 Å². The molecule has 2 aromatic rings. The largest absolute Gasteiger partial charge is 0.497 e. The lowest BCUT2D eigenvalue weighted by Gasteiger charge is -1.95. The van der Waals surface area contributed by atoms with Gasteiger partial charge >= 0.3 is 27.9 Å². The summed E-state index contributed by atoms with van der Waals surface area (Å²) in [6, 6.07) is 19.0. The summed E-state index contributed by atoms with van der Waals surface area (Å²) in [5.41, 5.74) is 0. The Morgan fingerprint density at radius 2 is 1.32 bits per heavy atom. The molecule has 0 saturated carbocycles. The number of alkyl halides is 3. The Kier molecular flexibility index (Phi) is 7.32. The smallest absolute Gasteiger partial charge is 0.379 e. The van der Waals surface area contributed by atoms with Crippen LogP contribution in [0.5, 0.6) is 5.75 Å². The van der Waals surface area contributed by atoms with E-state index in [9.17, 15) is 13.2 Å². The number of halogens is 4. The van der Waals surface area contributed by atoms with Crippen molar-refractivity contribution in [2.24, 2.45) is 0 Å². The van der Waals surface area contributed by atoms with Gasteiger partial charge in [0.05, 0.1) is 7.11 Å². The van der Waals surface area contributed by atoms with Gasteiger partial charge in [0.1, 0.15) is 5.75 Å². The van der Waals surface area contributed by atoms with E-state index in [-0.39, 0.29) is 21.2 Å². The van der Waals surface area contributed by atoms with E-state index in [1.165, 1.54) is 7.14 Å². The highest BCUT2D eigenvalue weighted by molar-refractivity contribution is 5.20. The molecule has 0 atom stereocenters. The van der Waals surface area contributed by atoms with E-state index in [2.05, 4.69) is 42.5 Å². The topological polar surface area (TPSA) is 9.23 Å². The number of methoxy groups -OCH3 is 1. The molecule has 0 aliphatic rings. The lowest BCUT2D eigenvalue weighted by Crippen LogP contribution is -3.61. The maximum atomic E-state index is 9.67. The van der Waals surface area contributed by atoms with Crippen LogP contribution < -0.4 is 25.9 Å². The van der Waals surface area contributed by atoms with Crippen LogP contribution in [-0.2, 0) is 0 Å². The first-order chi connectivity index (χ1) is 9.11. The van der Waals surface area contributed by atoms with E-state index >= 15 is 0 Å². The van der Waals surface area contributed by atoms with Gasteiger partial charge in [-0.3, -0.25) is 0 Å². The minimum absolute atomic E-state index is 0.0449. The summed E-state index contributed by atoms with van der Waals surface area (Å²) in [7, 11) is 1.70. The molecule has 0 N–H and O–H groups in total. The SMILES string of the molecule is COc1ccc([I+]c2ccccc2)cc1.FC(F)F. The molecule has 5 heteroatoms. The Morgan fingerprint density at radius 3 is 1.79 bits per heavy atom. The van der Waals surface area contributed by atoms with Gasteiger partial charge in [-0.15, -0.1) is 0 Å². The fourth-order valence-corrected chi connectivity index (χ4v) is 3.45. The maximum Gasteiger partial charge on any atom is 0.379 e. The zero-order chi connectivity index (χ0) is 14.1. The Bertz CT molecular complexity index is 457. The molecule has 19 heavy (non-hydrogen) atoms. The molecule has 0 bridgehead atoms. The van der Waals surface area contributed by atoms with Crippen molar-refractivity contribution in [1.29, 1.82) is 0 Å². The highest BCUT2D eigenvalue weighted by Crippen LogP contribution is 2.06. The Labute approximate surface area is 120 Å². The molecular formula is C14H13F3IO+. The first-order valence-corrected chi connectivity index (χ1v) is 7.53. The summed E-state index contributed by atoms with van der Waals surface area (Å²) >= 11 is -0.0449. The van der Waals surface area contributed by atoms with E-state index < -0.39 is 6.68 Å². The summed E-state index contributed by atoms with van der Waals surface area (Å²) in [6.07, 6.45) is 0. The molecule has 0 aromatic heterocycles. The first-order valence-electron chi connectivity index (χ1n) is 5.38. The molecule has 0 fully saturated rings. The van der Waals surface area contributed by atoms with E-state index in [0.29, 0.717) is 0 Å². The third-order valence-corrected chi connectivity index (χ3v) is 4.68. The zero-order valence-electron chi connectivity index (χ0n) is 10.2. The van der Waals surface area contributed by atoms with Crippen molar-refractivity contribution in [2.75, 3.05) is 7.11 Å². The fourth-order valence-electron chi connectivity index (χ4n) is 1.24. The molecule has 0 aliphatic carbocycles. The van der Waals surface area contributed by atoms with E-state index in [4.69, 9.17) is 4.74 Å². The second-order valence-electron chi connectivity index (χ2n) is 3.30. The zero-order valence-corrected chi connectivity index (χ0v) is 12.4. The number of rotatable bonds is 3. The van der Waals surface area contributed by atoms with Crippen LogP contribution in [0.2, 0.25) is 0 Å². The standard InChI is InChI=1S/C13H12IO.CHF3/c1-15-13-9-7-12(8-10-13)14-11-5-3-2-4-6-11;2-1(3)4/h2-10H,1H3;1H/q+1;. The highest BCUT2D eigenvalue weighted by Gasteiger charge is 2.13. The van der Waals surface area contributed by atoms with Crippen molar-refractivity contribution in [2.45, 2.75) is 6.68 Å². The first kappa shape index (κ1) is 15.8. The van der Waals surface area contributed by atoms with Gasteiger partial charge in [-0.05, 0) is 36.4 Å². The van der Waals surface area contributed by atoms with Crippen LogP contribution in [0.25, 0.3) is 0 Å². The number of hydrogen-bond acceptors (Lipinski definition) is 1. The second-order valence-corrected chi connectivity index (χ2v) is 6.33. The molecule has 0 heterocycles. The average molecular weight is 381 g/mol. The molecule has 2 aromatic carbocycles. The summed E-state index contributed by atoms with van der Waals surface area (Å²) < 4.78 is 37.0. The summed E-state index contributed by atoms with van der Waals surface area (Å²) in [5, 5.41) is 0. The summed E-state index contributed by atoms with van der Waals surface area (Å²) in [6.45, 7) is -3.67. The lowest BCUT2D eigenvalue weighted by molar-refractivity contribution is -0.597. The molecule has 2 rings (SSSR count). The van der Waals surface area contributed by atoms with Gasteiger partial charge in [0, 0.05) is 0 Å². The third-order valence-electron chi connectivity index (χ3n) is 2.00. The normalized spacial score (nSPS) is 9.74. The van der Waals surface area contributed by atoms with Crippen molar-refractivity contribution >= 4 is 0 Å². The molecule has 0 radical (unpaired) electrons. The van der Waals surface area contributed by atoms with Crippen LogP contribution >= 0.6 is 0 Å². The maximum absolute atomic E-state index is 9.67. The predicted molar refractivity (Wildman–Crippen MR) is 63.9 cm³/mol. The molecule has 102 valence electrons. The van der Waals surface area contributed by atoms with E-state index in [1.54, 1.807) is 7.11 Å². The Morgan fingerprint density at radius 1 is 0.842 bits per heavy atom. The minimum atomic E-state index is -3.67. The molecule has 1 nitrogen and oxygen atoms in total. The van der Waals surface area contributed by atoms with E-state index in [1.807, 2.05) is 12.1 Å². The van der Waals surface area contributed by atoms with Crippen LogP contribution in [0.3, 0.4) is 0 Å².